The highest BCUT2D eigenvalue weighted by atomic mass is 32.2. The third-order valence-electron chi connectivity index (χ3n) is 5.09. The summed E-state index contributed by atoms with van der Waals surface area (Å²) in [4.78, 5) is 0. The van der Waals surface area contributed by atoms with Gasteiger partial charge >= 0.3 is 0 Å². The van der Waals surface area contributed by atoms with E-state index in [2.05, 4.69) is 22.4 Å². The molecule has 2 heterocycles. The largest absolute Gasteiger partial charge is 0.345 e. The average molecular weight is 409 g/mol. The summed E-state index contributed by atoms with van der Waals surface area (Å²) < 4.78 is 39.3. The van der Waals surface area contributed by atoms with Crippen LogP contribution in [0, 0.1) is 5.92 Å². The molecule has 0 aliphatic carbocycles. The van der Waals surface area contributed by atoms with E-state index in [1.165, 1.54) is 4.68 Å². The molecule has 0 amide bonds. The highest BCUT2D eigenvalue weighted by Crippen LogP contribution is 2.36. The first-order chi connectivity index (χ1) is 13.3. The van der Waals surface area contributed by atoms with E-state index < -0.39 is 15.6 Å². The average Bonchev–Trinajstić information content (AvgIpc) is 3.28. The number of benzene rings is 1. The highest BCUT2D eigenvalue weighted by molar-refractivity contribution is 7.91. The summed E-state index contributed by atoms with van der Waals surface area (Å²) in [6, 6.07) is 9.00. The normalized spacial score (nSPS) is 23.0. The summed E-state index contributed by atoms with van der Waals surface area (Å²) in [5.41, 5.74) is 0.610. The lowest BCUT2D eigenvalue weighted by molar-refractivity contribution is -0.150. The summed E-state index contributed by atoms with van der Waals surface area (Å²) >= 11 is 0. The van der Waals surface area contributed by atoms with Gasteiger partial charge in [0.15, 0.2) is 5.79 Å². The number of aromatic nitrogens is 4. The molecule has 1 saturated heterocycles. The number of nitrogens with zero attached hydrogens (tertiary/aromatic N) is 4. The molecule has 9 heteroatoms. The van der Waals surface area contributed by atoms with Crippen molar-refractivity contribution in [3.8, 4) is 5.69 Å². The van der Waals surface area contributed by atoms with Gasteiger partial charge in [0.05, 0.1) is 23.6 Å². The maximum atomic E-state index is 13.0. The molecule has 3 atom stereocenters. The fourth-order valence-corrected chi connectivity index (χ4v) is 5.04. The van der Waals surface area contributed by atoms with Gasteiger partial charge in [0.25, 0.3) is 5.16 Å². The van der Waals surface area contributed by atoms with E-state index in [0.29, 0.717) is 12.1 Å². The second-order valence-electron chi connectivity index (χ2n) is 7.53. The van der Waals surface area contributed by atoms with Crippen LogP contribution in [-0.2, 0) is 19.3 Å². The zero-order chi connectivity index (χ0) is 20.4. The van der Waals surface area contributed by atoms with Crippen LogP contribution in [0.3, 0.4) is 0 Å². The Hall–Kier alpha value is -1.84. The van der Waals surface area contributed by atoms with Crippen LogP contribution in [-0.4, -0.2) is 52.4 Å². The van der Waals surface area contributed by atoms with Crippen LogP contribution in [0.1, 0.15) is 47.0 Å². The minimum atomic E-state index is -3.65. The zero-order valence-corrected chi connectivity index (χ0v) is 17.6. The minimum Gasteiger partial charge on any atom is -0.345 e. The molecule has 0 saturated carbocycles. The molecule has 28 heavy (non-hydrogen) atoms. The number of hydrogen-bond acceptors (Lipinski definition) is 7. The van der Waals surface area contributed by atoms with Gasteiger partial charge in [0.2, 0.25) is 9.84 Å². The first kappa shape index (κ1) is 20.9. The molecule has 154 valence electrons. The van der Waals surface area contributed by atoms with Crippen molar-refractivity contribution in [3.05, 3.63) is 30.3 Å². The van der Waals surface area contributed by atoms with E-state index in [0.717, 1.165) is 12.8 Å². The monoisotopic (exact) mass is 408 g/mol. The number of ether oxygens (including phenoxy) is 2. The van der Waals surface area contributed by atoms with Gasteiger partial charge in [-0.2, -0.15) is 4.68 Å². The van der Waals surface area contributed by atoms with E-state index >= 15 is 0 Å². The summed E-state index contributed by atoms with van der Waals surface area (Å²) in [6.45, 7) is 7.90. The molecule has 1 aliphatic heterocycles. The van der Waals surface area contributed by atoms with Gasteiger partial charge in [-0.05, 0) is 55.2 Å². The van der Waals surface area contributed by atoms with Gasteiger partial charge < -0.3 is 9.47 Å². The Morgan fingerprint density at radius 2 is 1.89 bits per heavy atom. The topological polar surface area (TPSA) is 96.2 Å². The van der Waals surface area contributed by atoms with E-state index in [9.17, 15) is 8.42 Å². The van der Waals surface area contributed by atoms with Crippen molar-refractivity contribution >= 4 is 9.84 Å². The van der Waals surface area contributed by atoms with Crippen molar-refractivity contribution < 1.29 is 17.9 Å². The van der Waals surface area contributed by atoms with Gasteiger partial charge in [0.1, 0.15) is 0 Å². The fraction of sp³-hybridized carbons (Fsp3) is 0.632. The summed E-state index contributed by atoms with van der Waals surface area (Å²) in [6.07, 6.45) is 1.94. The van der Waals surface area contributed by atoms with Crippen molar-refractivity contribution in [2.24, 2.45) is 5.92 Å². The van der Waals surface area contributed by atoms with E-state index in [-0.39, 0.29) is 29.0 Å². The first-order valence-corrected chi connectivity index (χ1v) is 11.3. The molecule has 3 rings (SSSR count). The molecular weight excluding hydrogens is 380 g/mol. The Kier molecular flexibility index (Phi) is 6.16. The second kappa shape index (κ2) is 8.26. The van der Waals surface area contributed by atoms with Crippen LogP contribution >= 0.6 is 0 Å². The molecule has 0 radical (unpaired) electrons. The van der Waals surface area contributed by atoms with Crippen molar-refractivity contribution in [3.63, 3.8) is 0 Å². The number of rotatable bonds is 8. The lowest BCUT2D eigenvalue weighted by Gasteiger charge is -2.25. The Balaban J connectivity index is 1.76. The van der Waals surface area contributed by atoms with Crippen molar-refractivity contribution in [1.82, 2.24) is 20.2 Å². The molecule has 1 fully saturated rings. The molecule has 0 N–H and O–H groups in total. The zero-order valence-electron chi connectivity index (χ0n) is 16.8. The van der Waals surface area contributed by atoms with Crippen LogP contribution in [0.2, 0.25) is 0 Å². The Morgan fingerprint density at radius 1 is 1.18 bits per heavy atom. The van der Waals surface area contributed by atoms with Crippen molar-refractivity contribution in [2.75, 3.05) is 5.75 Å². The molecule has 8 nitrogen and oxygen atoms in total. The van der Waals surface area contributed by atoms with Gasteiger partial charge in [-0.15, -0.1) is 0 Å². The third kappa shape index (κ3) is 4.42. The second-order valence-corrected chi connectivity index (χ2v) is 9.53. The number of tetrazole rings is 1. The molecule has 0 spiro atoms. The standard InChI is InChI=1S/C19H28N4O4S/c1-5-14(17-16(6-2)26-19(3,4)27-17)12-13-28(24,25)18-20-21-22-23(18)15-10-8-7-9-11-15/h7-11,14,16-17H,5-6,12-13H2,1-4H3/t14-,16+,17+/m1/s1. The maximum Gasteiger partial charge on any atom is 0.272 e. The number of para-hydroxylation sites is 1. The Bertz CT molecular complexity index is 882. The summed E-state index contributed by atoms with van der Waals surface area (Å²) in [7, 11) is -3.65. The molecule has 1 aromatic carbocycles. The third-order valence-corrected chi connectivity index (χ3v) is 6.67. The lowest BCUT2D eigenvalue weighted by atomic mass is 9.92. The fourth-order valence-electron chi connectivity index (χ4n) is 3.68. The van der Waals surface area contributed by atoms with Crippen LogP contribution in [0.5, 0.6) is 0 Å². The van der Waals surface area contributed by atoms with Crippen LogP contribution in [0.15, 0.2) is 35.5 Å². The molecule has 0 bridgehead atoms. The van der Waals surface area contributed by atoms with Crippen LogP contribution in [0.25, 0.3) is 5.69 Å². The van der Waals surface area contributed by atoms with Crippen molar-refractivity contribution in [2.45, 2.75) is 70.1 Å². The van der Waals surface area contributed by atoms with Crippen LogP contribution in [0.4, 0.5) is 0 Å². The van der Waals surface area contributed by atoms with E-state index in [1.807, 2.05) is 39.0 Å². The Labute approximate surface area is 166 Å². The predicted molar refractivity (Wildman–Crippen MR) is 104 cm³/mol. The number of sulfone groups is 1. The predicted octanol–water partition coefficient (Wildman–Crippen LogP) is 2.78. The smallest absolute Gasteiger partial charge is 0.272 e. The summed E-state index contributed by atoms with van der Waals surface area (Å²) in [5.74, 6) is -0.618. The molecule has 2 aromatic rings. The summed E-state index contributed by atoms with van der Waals surface area (Å²) in [5, 5.41) is 11.1. The highest BCUT2D eigenvalue weighted by Gasteiger charge is 2.43. The van der Waals surface area contributed by atoms with Gasteiger partial charge in [-0.25, -0.2) is 8.42 Å². The van der Waals surface area contributed by atoms with E-state index in [1.54, 1.807) is 12.1 Å². The number of hydrogen-bond donors (Lipinski definition) is 0. The lowest BCUT2D eigenvalue weighted by Crippen LogP contribution is -2.32. The molecular formula is C19H28N4O4S. The van der Waals surface area contributed by atoms with Crippen molar-refractivity contribution in [1.29, 1.82) is 0 Å². The SMILES string of the molecule is CC[C@H](CCS(=O)(=O)c1nnnn1-c1ccccc1)[C@@H]1OC(C)(C)O[C@H]1CC. The van der Waals surface area contributed by atoms with Gasteiger partial charge in [-0.1, -0.05) is 43.6 Å². The Morgan fingerprint density at radius 3 is 2.54 bits per heavy atom. The molecule has 1 aliphatic rings. The van der Waals surface area contributed by atoms with Crippen LogP contribution < -0.4 is 0 Å². The quantitative estimate of drug-likeness (QED) is 0.662. The van der Waals surface area contributed by atoms with E-state index in [4.69, 9.17) is 9.47 Å². The van der Waals surface area contributed by atoms with Gasteiger partial charge in [-0.3, -0.25) is 0 Å². The molecule has 1 aromatic heterocycles. The first-order valence-electron chi connectivity index (χ1n) is 9.69. The molecule has 0 unspecified atom stereocenters. The minimum absolute atomic E-state index is 0.0303. The van der Waals surface area contributed by atoms with Gasteiger partial charge in [0, 0.05) is 0 Å². The maximum absolute atomic E-state index is 13.0.